The van der Waals surface area contributed by atoms with Crippen molar-refractivity contribution in [1.29, 1.82) is 0 Å². The van der Waals surface area contributed by atoms with Crippen LogP contribution >= 0.6 is 27.3 Å². The monoisotopic (exact) mass is 422 g/mol. The van der Waals surface area contributed by atoms with Crippen LogP contribution < -0.4 is 11.2 Å². The Hall–Kier alpha value is -2.19. The molecule has 25 heavy (non-hydrogen) atoms. The summed E-state index contributed by atoms with van der Waals surface area (Å²) in [5.41, 5.74) is 0.812. The highest BCUT2D eigenvalue weighted by Gasteiger charge is 2.18. The molecule has 0 atom stereocenters. The van der Waals surface area contributed by atoms with Gasteiger partial charge in [-0.05, 0) is 31.0 Å². The number of H-pyrrole nitrogens is 1. The number of nitrogens with zero attached hydrogens (tertiary/aromatic N) is 1. The van der Waals surface area contributed by atoms with E-state index in [2.05, 4.69) is 20.9 Å². The van der Waals surface area contributed by atoms with Crippen LogP contribution in [0.2, 0.25) is 0 Å². The first-order valence-corrected chi connectivity index (χ1v) is 9.23. The van der Waals surface area contributed by atoms with E-state index in [1.807, 2.05) is 31.2 Å². The maximum absolute atomic E-state index is 12.9. The van der Waals surface area contributed by atoms with Crippen molar-refractivity contribution in [1.82, 2.24) is 9.55 Å². The summed E-state index contributed by atoms with van der Waals surface area (Å²) in [6.07, 6.45) is 0.132. The molecule has 3 rings (SSSR count). The van der Waals surface area contributed by atoms with Gasteiger partial charge in [-0.25, -0.2) is 4.79 Å². The average molecular weight is 423 g/mol. The zero-order chi connectivity index (χ0) is 18.1. The smallest absolute Gasteiger partial charge is 0.329 e. The number of aromatic amines is 1. The summed E-state index contributed by atoms with van der Waals surface area (Å²) in [5.74, 6) is -0.951. The molecule has 0 bridgehead atoms. The van der Waals surface area contributed by atoms with Gasteiger partial charge in [-0.15, -0.1) is 11.3 Å². The number of hydrogen-bond donors (Lipinski definition) is 2. The highest BCUT2D eigenvalue weighted by atomic mass is 79.9. The van der Waals surface area contributed by atoms with Crippen LogP contribution in [0, 0.1) is 6.92 Å². The number of aliphatic carboxylic acids is 1. The first kappa shape index (κ1) is 17.6. The van der Waals surface area contributed by atoms with Crippen LogP contribution in [0.15, 0.2) is 38.3 Å². The minimum Gasteiger partial charge on any atom is -0.481 e. The van der Waals surface area contributed by atoms with Crippen LogP contribution in [0.1, 0.15) is 17.7 Å². The molecule has 2 aromatic heterocycles. The Morgan fingerprint density at radius 1 is 1.28 bits per heavy atom. The van der Waals surface area contributed by atoms with Gasteiger partial charge in [0.25, 0.3) is 5.56 Å². The lowest BCUT2D eigenvalue weighted by Crippen LogP contribution is -2.35. The molecule has 8 heteroatoms. The maximum Gasteiger partial charge on any atom is 0.329 e. The van der Waals surface area contributed by atoms with Crippen LogP contribution in [-0.2, 0) is 11.3 Å². The minimum atomic E-state index is -0.951. The molecule has 2 N–H and O–H groups in total. The van der Waals surface area contributed by atoms with E-state index in [0.717, 1.165) is 25.0 Å². The third-order valence-electron chi connectivity index (χ3n) is 3.91. The summed E-state index contributed by atoms with van der Waals surface area (Å²) in [6.45, 7) is 1.99. The van der Waals surface area contributed by atoms with Crippen molar-refractivity contribution >= 4 is 43.5 Å². The average Bonchev–Trinajstić information content (AvgIpc) is 2.87. The minimum absolute atomic E-state index is 0.0745. The van der Waals surface area contributed by atoms with E-state index in [9.17, 15) is 14.4 Å². The summed E-state index contributed by atoms with van der Waals surface area (Å²) in [4.78, 5) is 40.0. The Balaban J connectivity index is 2.17. The fourth-order valence-electron chi connectivity index (χ4n) is 2.78. The number of hydrogen-bond acceptors (Lipinski definition) is 4. The van der Waals surface area contributed by atoms with E-state index >= 15 is 0 Å². The van der Waals surface area contributed by atoms with Crippen molar-refractivity contribution in [3.05, 3.63) is 54.5 Å². The van der Waals surface area contributed by atoms with Gasteiger partial charge in [-0.1, -0.05) is 28.1 Å². The van der Waals surface area contributed by atoms with E-state index < -0.39 is 11.7 Å². The molecule has 0 spiro atoms. The highest BCUT2D eigenvalue weighted by Crippen LogP contribution is 2.35. The second-order valence-electron chi connectivity index (χ2n) is 5.63. The number of rotatable bonds is 5. The molecule has 0 unspecified atom stereocenters. The quantitative estimate of drug-likeness (QED) is 0.659. The predicted molar refractivity (Wildman–Crippen MR) is 101 cm³/mol. The van der Waals surface area contributed by atoms with E-state index in [0.29, 0.717) is 10.2 Å². The normalized spacial score (nSPS) is 11.1. The van der Waals surface area contributed by atoms with Crippen LogP contribution in [0.3, 0.4) is 0 Å². The van der Waals surface area contributed by atoms with Gasteiger partial charge in [0.1, 0.15) is 4.83 Å². The molecule has 0 saturated carbocycles. The third kappa shape index (κ3) is 3.45. The lowest BCUT2D eigenvalue weighted by atomic mass is 10.0. The van der Waals surface area contributed by atoms with E-state index in [1.165, 1.54) is 11.3 Å². The molecular formula is C17H15BrN2O4S. The fraction of sp³-hybridized carbons (Fsp3) is 0.235. The van der Waals surface area contributed by atoms with Gasteiger partial charge in [0, 0.05) is 27.9 Å². The van der Waals surface area contributed by atoms with Crippen molar-refractivity contribution in [2.75, 3.05) is 0 Å². The van der Waals surface area contributed by atoms with E-state index in [4.69, 9.17) is 5.11 Å². The zero-order valence-electron chi connectivity index (χ0n) is 13.3. The number of benzene rings is 1. The van der Waals surface area contributed by atoms with Crippen molar-refractivity contribution in [3.63, 3.8) is 0 Å². The number of carboxylic acids is 1. The number of halogens is 1. The summed E-state index contributed by atoms with van der Waals surface area (Å²) < 4.78 is 2.02. The standard InChI is InChI=1S/C17H15BrN2O4S/c1-9-13(10-4-6-11(18)7-5-10)14-15(25-9)19-17(24)20(16(14)23)8-2-3-12(21)22/h4-7H,2-3,8H2,1H3,(H,19,24)(H,21,22). The molecule has 0 fully saturated rings. The molecular weight excluding hydrogens is 408 g/mol. The fourth-order valence-corrected chi connectivity index (χ4v) is 4.11. The lowest BCUT2D eigenvalue weighted by molar-refractivity contribution is -0.137. The SMILES string of the molecule is Cc1sc2[nH]c(=O)n(CCCC(=O)O)c(=O)c2c1-c1ccc(Br)cc1. The van der Waals surface area contributed by atoms with E-state index in [-0.39, 0.29) is 24.9 Å². The molecule has 0 radical (unpaired) electrons. The molecule has 0 aliphatic carbocycles. The molecule has 0 saturated heterocycles. The van der Waals surface area contributed by atoms with Crippen LogP contribution in [0.4, 0.5) is 0 Å². The Morgan fingerprint density at radius 2 is 1.96 bits per heavy atom. The van der Waals surface area contributed by atoms with Crippen molar-refractivity contribution < 1.29 is 9.90 Å². The summed E-state index contributed by atoms with van der Waals surface area (Å²) in [6, 6.07) is 7.63. The van der Waals surface area contributed by atoms with Crippen molar-refractivity contribution in [2.24, 2.45) is 0 Å². The van der Waals surface area contributed by atoms with Gasteiger partial charge in [0.15, 0.2) is 0 Å². The maximum atomic E-state index is 12.9. The molecule has 3 aromatic rings. The third-order valence-corrected chi connectivity index (χ3v) is 5.46. The first-order valence-electron chi connectivity index (χ1n) is 7.62. The first-order chi connectivity index (χ1) is 11.9. The number of carboxylic acid groups (broad SMARTS) is 1. The van der Waals surface area contributed by atoms with Gasteiger partial charge >= 0.3 is 11.7 Å². The van der Waals surface area contributed by atoms with Crippen molar-refractivity contribution in [2.45, 2.75) is 26.3 Å². The molecule has 0 aliphatic rings. The van der Waals surface area contributed by atoms with Crippen LogP contribution in [0.25, 0.3) is 21.3 Å². The van der Waals surface area contributed by atoms with Gasteiger partial charge in [-0.3, -0.25) is 19.1 Å². The largest absolute Gasteiger partial charge is 0.481 e. The number of fused-ring (bicyclic) bond motifs is 1. The van der Waals surface area contributed by atoms with Crippen LogP contribution in [-0.4, -0.2) is 20.6 Å². The molecule has 0 aliphatic heterocycles. The lowest BCUT2D eigenvalue weighted by Gasteiger charge is -2.06. The number of nitrogens with one attached hydrogen (secondary N) is 1. The summed E-state index contributed by atoms with van der Waals surface area (Å²) in [5, 5.41) is 9.22. The zero-order valence-corrected chi connectivity index (χ0v) is 15.7. The summed E-state index contributed by atoms with van der Waals surface area (Å²) in [7, 11) is 0. The predicted octanol–water partition coefficient (Wildman–Crippen LogP) is 3.35. The molecule has 2 heterocycles. The summed E-state index contributed by atoms with van der Waals surface area (Å²) >= 11 is 4.76. The Labute approximate surface area is 154 Å². The topological polar surface area (TPSA) is 92.2 Å². The number of aromatic nitrogens is 2. The van der Waals surface area contributed by atoms with Gasteiger partial charge < -0.3 is 5.11 Å². The van der Waals surface area contributed by atoms with Crippen molar-refractivity contribution in [3.8, 4) is 11.1 Å². The second-order valence-corrected chi connectivity index (χ2v) is 7.77. The number of thiophene rings is 1. The van der Waals surface area contributed by atoms with Gasteiger partial charge in [-0.2, -0.15) is 0 Å². The molecule has 6 nitrogen and oxygen atoms in total. The highest BCUT2D eigenvalue weighted by molar-refractivity contribution is 9.10. The van der Waals surface area contributed by atoms with Crippen LogP contribution in [0.5, 0.6) is 0 Å². The Morgan fingerprint density at radius 3 is 2.60 bits per heavy atom. The van der Waals surface area contributed by atoms with Gasteiger partial charge in [0.2, 0.25) is 0 Å². The molecule has 130 valence electrons. The molecule has 1 aromatic carbocycles. The van der Waals surface area contributed by atoms with E-state index in [1.54, 1.807) is 0 Å². The Kier molecular flexibility index (Phi) is 4.91. The number of carbonyl (C=O) groups is 1. The second kappa shape index (κ2) is 6.97. The number of aryl methyl sites for hydroxylation is 1. The van der Waals surface area contributed by atoms with Gasteiger partial charge in [0.05, 0.1) is 5.39 Å². The molecule has 0 amide bonds. The Bertz CT molecular complexity index is 1060.